The van der Waals surface area contributed by atoms with Crippen LogP contribution in [0.15, 0.2) is 66.7 Å². The third kappa shape index (κ3) is 5.40. The van der Waals surface area contributed by atoms with Crippen LogP contribution in [0.25, 0.3) is 0 Å². The zero-order valence-corrected chi connectivity index (χ0v) is 19.1. The van der Waals surface area contributed by atoms with Crippen molar-refractivity contribution in [3.63, 3.8) is 0 Å². The fourth-order valence-electron chi connectivity index (χ4n) is 3.75. The Bertz CT molecular complexity index is 1170. The predicted octanol–water partition coefficient (Wildman–Crippen LogP) is 4.37. The second kappa shape index (κ2) is 10.6. The van der Waals surface area contributed by atoms with Gasteiger partial charge in [0.25, 0.3) is 5.91 Å². The summed E-state index contributed by atoms with van der Waals surface area (Å²) in [7, 11) is 3.14. The topological polar surface area (TPSA) is 86.3 Å². The average Bonchev–Trinajstić information content (AvgIpc) is 3.01. The lowest BCUT2D eigenvalue weighted by atomic mass is 10.1. The predicted molar refractivity (Wildman–Crippen MR) is 126 cm³/mol. The van der Waals surface area contributed by atoms with Crippen LogP contribution in [0.1, 0.15) is 16.7 Å². The Morgan fingerprint density at radius 2 is 1.85 bits per heavy atom. The molecule has 0 bridgehead atoms. The molecule has 0 saturated heterocycles. The van der Waals surface area contributed by atoms with Gasteiger partial charge in [0.05, 0.1) is 14.2 Å². The van der Waals surface area contributed by atoms with Gasteiger partial charge >= 0.3 is 6.09 Å². The van der Waals surface area contributed by atoms with E-state index >= 15 is 0 Å². The highest BCUT2D eigenvalue weighted by Gasteiger charge is 2.24. The van der Waals surface area contributed by atoms with Gasteiger partial charge in [-0.15, -0.1) is 0 Å². The van der Waals surface area contributed by atoms with Crippen molar-refractivity contribution in [3.05, 3.63) is 83.4 Å². The standard InChI is InChI=1S/C26H26N2O6/c1-31-23-10-6-9-19(25(23)32-2)14-28-15-20-13-21(11-12-22(20)33-17-24(28)29)27-26(30)34-16-18-7-4-3-5-8-18/h3-13H,14-17H2,1-2H3,(H,27,30). The van der Waals surface area contributed by atoms with Crippen molar-refractivity contribution >= 4 is 17.7 Å². The van der Waals surface area contributed by atoms with Crippen LogP contribution in [0, 0.1) is 0 Å². The second-order valence-corrected chi connectivity index (χ2v) is 7.70. The van der Waals surface area contributed by atoms with E-state index in [-0.39, 0.29) is 19.1 Å². The minimum atomic E-state index is -0.563. The Morgan fingerprint density at radius 3 is 2.62 bits per heavy atom. The van der Waals surface area contributed by atoms with Gasteiger partial charge in [0.1, 0.15) is 12.4 Å². The summed E-state index contributed by atoms with van der Waals surface area (Å²) in [5.74, 6) is 1.62. The lowest BCUT2D eigenvalue weighted by Gasteiger charge is -2.22. The Hall–Kier alpha value is -4.20. The van der Waals surface area contributed by atoms with E-state index in [1.807, 2.05) is 42.5 Å². The Kier molecular flexibility index (Phi) is 7.17. The number of carbonyl (C=O) groups excluding carboxylic acids is 2. The van der Waals surface area contributed by atoms with E-state index in [1.165, 1.54) is 0 Å². The molecule has 3 aromatic rings. The van der Waals surface area contributed by atoms with Gasteiger partial charge in [0.2, 0.25) is 0 Å². The van der Waals surface area contributed by atoms with Gasteiger partial charge in [0.15, 0.2) is 18.1 Å². The molecule has 1 N–H and O–H groups in total. The molecule has 0 fully saturated rings. The molecule has 1 aliphatic heterocycles. The van der Waals surface area contributed by atoms with Crippen LogP contribution in [0.3, 0.4) is 0 Å². The van der Waals surface area contributed by atoms with Crippen LogP contribution in [-0.2, 0) is 29.2 Å². The normalized spacial score (nSPS) is 12.8. The number of carbonyl (C=O) groups is 2. The molecular formula is C26H26N2O6. The smallest absolute Gasteiger partial charge is 0.411 e. The minimum absolute atomic E-state index is 0.0782. The van der Waals surface area contributed by atoms with E-state index in [1.54, 1.807) is 43.4 Å². The van der Waals surface area contributed by atoms with Gasteiger partial charge in [-0.1, -0.05) is 42.5 Å². The van der Waals surface area contributed by atoms with Crippen molar-refractivity contribution in [3.8, 4) is 17.2 Å². The van der Waals surface area contributed by atoms with Crippen molar-refractivity contribution in [2.45, 2.75) is 19.7 Å². The first-order chi connectivity index (χ1) is 16.6. The first-order valence-corrected chi connectivity index (χ1v) is 10.8. The largest absolute Gasteiger partial charge is 0.493 e. The minimum Gasteiger partial charge on any atom is -0.493 e. The van der Waals surface area contributed by atoms with Gasteiger partial charge in [0, 0.05) is 29.9 Å². The maximum Gasteiger partial charge on any atom is 0.411 e. The van der Waals surface area contributed by atoms with Crippen molar-refractivity contribution in [1.29, 1.82) is 0 Å². The molecule has 8 heteroatoms. The van der Waals surface area contributed by atoms with Gasteiger partial charge < -0.3 is 23.8 Å². The SMILES string of the molecule is COc1cccc(CN2Cc3cc(NC(=O)OCc4ccccc4)ccc3OCC2=O)c1OC. The first kappa shape index (κ1) is 23.0. The quantitative estimate of drug-likeness (QED) is 0.561. The number of nitrogens with one attached hydrogen (secondary N) is 1. The number of para-hydroxylation sites is 1. The van der Waals surface area contributed by atoms with E-state index in [4.69, 9.17) is 18.9 Å². The maximum absolute atomic E-state index is 12.8. The third-order valence-electron chi connectivity index (χ3n) is 5.43. The van der Waals surface area contributed by atoms with E-state index < -0.39 is 6.09 Å². The van der Waals surface area contributed by atoms with E-state index in [9.17, 15) is 9.59 Å². The molecule has 0 aromatic heterocycles. The summed E-state index contributed by atoms with van der Waals surface area (Å²) in [6.07, 6.45) is -0.563. The molecule has 1 aliphatic rings. The Morgan fingerprint density at radius 1 is 1.03 bits per heavy atom. The van der Waals surface area contributed by atoms with E-state index in [0.717, 1.165) is 16.7 Å². The second-order valence-electron chi connectivity index (χ2n) is 7.70. The molecule has 0 unspecified atom stereocenters. The summed E-state index contributed by atoms with van der Waals surface area (Å²) < 4.78 is 21.9. The lowest BCUT2D eigenvalue weighted by Crippen LogP contribution is -2.32. The Balaban J connectivity index is 1.47. The molecule has 176 valence electrons. The fraction of sp³-hybridized carbons (Fsp3) is 0.231. The van der Waals surface area contributed by atoms with Crippen molar-refractivity contribution < 1.29 is 28.5 Å². The lowest BCUT2D eigenvalue weighted by molar-refractivity contribution is -0.133. The van der Waals surface area contributed by atoms with Crippen LogP contribution >= 0.6 is 0 Å². The number of benzene rings is 3. The number of ether oxygens (including phenoxy) is 4. The maximum atomic E-state index is 12.8. The summed E-state index contributed by atoms with van der Waals surface area (Å²) in [5.41, 5.74) is 3.04. The number of hydrogen-bond acceptors (Lipinski definition) is 6. The molecule has 0 aliphatic carbocycles. The van der Waals surface area contributed by atoms with Crippen LogP contribution in [0.2, 0.25) is 0 Å². The summed E-state index contributed by atoms with van der Waals surface area (Å²) in [6, 6.07) is 20.2. The van der Waals surface area contributed by atoms with Gasteiger partial charge in [-0.05, 0) is 29.8 Å². The number of methoxy groups -OCH3 is 2. The van der Waals surface area contributed by atoms with Crippen LogP contribution in [0.5, 0.6) is 17.2 Å². The summed E-state index contributed by atoms with van der Waals surface area (Å²) in [5, 5.41) is 2.74. The summed E-state index contributed by atoms with van der Waals surface area (Å²) in [6.45, 7) is 0.721. The zero-order valence-electron chi connectivity index (χ0n) is 19.1. The van der Waals surface area contributed by atoms with Crippen molar-refractivity contribution in [2.24, 2.45) is 0 Å². The van der Waals surface area contributed by atoms with Crippen LogP contribution < -0.4 is 19.5 Å². The van der Waals surface area contributed by atoms with Gasteiger partial charge in [-0.25, -0.2) is 4.79 Å². The van der Waals surface area contributed by atoms with Crippen LogP contribution in [-0.4, -0.2) is 37.7 Å². The van der Waals surface area contributed by atoms with Gasteiger partial charge in [-0.3, -0.25) is 10.1 Å². The number of nitrogens with zero attached hydrogens (tertiary/aromatic N) is 1. The molecule has 8 nitrogen and oxygen atoms in total. The highest BCUT2D eigenvalue weighted by atomic mass is 16.5. The van der Waals surface area contributed by atoms with Gasteiger partial charge in [-0.2, -0.15) is 0 Å². The molecule has 34 heavy (non-hydrogen) atoms. The van der Waals surface area contributed by atoms with E-state index in [2.05, 4.69) is 5.32 Å². The zero-order chi connectivity index (χ0) is 23.9. The molecule has 0 radical (unpaired) electrons. The number of amides is 2. The number of anilines is 1. The highest BCUT2D eigenvalue weighted by Crippen LogP contribution is 2.33. The molecular weight excluding hydrogens is 436 g/mol. The highest BCUT2D eigenvalue weighted by molar-refractivity contribution is 5.85. The van der Waals surface area contributed by atoms with Crippen molar-refractivity contribution in [2.75, 3.05) is 26.1 Å². The monoisotopic (exact) mass is 462 g/mol. The molecule has 0 atom stereocenters. The number of rotatable bonds is 7. The summed E-state index contributed by atoms with van der Waals surface area (Å²) in [4.78, 5) is 26.7. The van der Waals surface area contributed by atoms with E-state index in [0.29, 0.717) is 36.0 Å². The molecule has 4 rings (SSSR count). The first-order valence-electron chi connectivity index (χ1n) is 10.8. The molecule has 3 aromatic carbocycles. The molecule has 1 heterocycles. The van der Waals surface area contributed by atoms with Crippen molar-refractivity contribution in [1.82, 2.24) is 4.90 Å². The molecule has 2 amide bonds. The third-order valence-corrected chi connectivity index (χ3v) is 5.43. The average molecular weight is 463 g/mol. The molecule has 0 spiro atoms. The number of hydrogen-bond donors (Lipinski definition) is 1. The Labute approximate surface area is 198 Å². The summed E-state index contributed by atoms with van der Waals surface area (Å²) >= 11 is 0. The molecule has 0 saturated carbocycles. The number of fused-ring (bicyclic) bond motifs is 1. The fourth-order valence-corrected chi connectivity index (χ4v) is 3.75. The van der Waals surface area contributed by atoms with Crippen LogP contribution in [0.4, 0.5) is 10.5 Å².